The van der Waals surface area contributed by atoms with Crippen LogP contribution in [-0.4, -0.2) is 53.6 Å². The molecule has 1 rings (SSSR count). The molecule has 1 aromatic heterocycles. The van der Waals surface area contributed by atoms with Gasteiger partial charge >= 0.3 is 0 Å². The van der Waals surface area contributed by atoms with Gasteiger partial charge in [0.05, 0.1) is 13.2 Å². The zero-order valence-electron chi connectivity index (χ0n) is 16.1. The van der Waals surface area contributed by atoms with Crippen molar-refractivity contribution in [2.45, 2.75) is 65.5 Å². The van der Waals surface area contributed by atoms with Crippen LogP contribution in [0, 0.1) is 0 Å². The van der Waals surface area contributed by atoms with Gasteiger partial charge in [-0.3, -0.25) is 4.99 Å². The van der Waals surface area contributed by atoms with Crippen molar-refractivity contribution in [2.75, 3.05) is 26.8 Å². The van der Waals surface area contributed by atoms with E-state index in [-0.39, 0.29) is 24.0 Å². The fourth-order valence-corrected chi connectivity index (χ4v) is 2.44. The maximum atomic E-state index is 5.09. The number of hydrogen-bond donors (Lipinski definition) is 2. The fraction of sp³-hybridized carbons (Fsp3) is 0.824. The summed E-state index contributed by atoms with van der Waals surface area (Å²) in [7, 11) is 1.70. The highest BCUT2D eigenvalue weighted by Gasteiger charge is 2.06. The molecule has 0 fully saturated rings. The molecule has 0 radical (unpaired) electrons. The lowest BCUT2D eigenvalue weighted by atomic mass is 10.1. The predicted octanol–water partition coefficient (Wildman–Crippen LogP) is 2.61. The maximum Gasteiger partial charge on any atom is 0.191 e. The molecule has 7 nitrogen and oxygen atoms in total. The van der Waals surface area contributed by atoms with E-state index in [4.69, 9.17) is 4.74 Å². The van der Waals surface area contributed by atoms with Gasteiger partial charge in [0.15, 0.2) is 5.96 Å². The number of halogens is 1. The third kappa shape index (κ3) is 10.6. The summed E-state index contributed by atoms with van der Waals surface area (Å²) in [5.74, 6) is 1.86. The summed E-state index contributed by atoms with van der Waals surface area (Å²) in [6.45, 7) is 9.41. The van der Waals surface area contributed by atoms with Crippen LogP contribution in [0.3, 0.4) is 0 Å². The van der Waals surface area contributed by atoms with Crippen LogP contribution >= 0.6 is 24.0 Å². The van der Waals surface area contributed by atoms with E-state index in [1.54, 1.807) is 13.4 Å². The summed E-state index contributed by atoms with van der Waals surface area (Å²) < 4.78 is 7.16. The Morgan fingerprint density at radius 3 is 2.84 bits per heavy atom. The van der Waals surface area contributed by atoms with E-state index < -0.39 is 0 Å². The number of nitrogens with zero attached hydrogens (tertiary/aromatic N) is 4. The van der Waals surface area contributed by atoms with Crippen molar-refractivity contribution in [1.29, 1.82) is 0 Å². The molecule has 8 heteroatoms. The second-order valence-electron chi connectivity index (χ2n) is 5.99. The van der Waals surface area contributed by atoms with Crippen molar-refractivity contribution in [2.24, 2.45) is 4.99 Å². The minimum absolute atomic E-state index is 0. The monoisotopic (exact) mass is 466 g/mol. The maximum absolute atomic E-state index is 5.09. The van der Waals surface area contributed by atoms with Crippen molar-refractivity contribution in [3.05, 3.63) is 12.2 Å². The van der Waals surface area contributed by atoms with Gasteiger partial charge in [-0.1, -0.05) is 33.1 Å². The molecule has 0 saturated heterocycles. The number of aromatic nitrogens is 3. The molecular weight excluding hydrogens is 431 g/mol. The Hall–Kier alpha value is -0.900. The summed E-state index contributed by atoms with van der Waals surface area (Å²) in [6.07, 6.45) is 7.60. The topological polar surface area (TPSA) is 76.4 Å². The first-order chi connectivity index (χ1) is 11.7. The molecule has 146 valence electrons. The van der Waals surface area contributed by atoms with Gasteiger partial charge in [-0.15, -0.1) is 34.2 Å². The van der Waals surface area contributed by atoms with E-state index >= 15 is 0 Å². The average molecular weight is 466 g/mol. The van der Waals surface area contributed by atoms with Crippen molar-refractivity contribution in [3.63, 3.8) is 0 Å². The van der Waals surface area contributed by atoms with Gasteiger partial charge in [0.25, 0.3) is 0 Å². The summed E-state index contributed by atoms with van der Waals surface area (Å²) in [6, 6.07) is 0.409. The van der Waals surface area contributed by atoms with Crippen LogP contribution in [0.1, 0.15) is 52.3 Å². The number of ether oxygens (including phenoxy) is 1. The van der Waals surface area contributed by atoms with Gasteiger partial charge in [-0.05, 0) is 13.3 Å². The summed E-state index contributed by atoms with van der Waals surface area (Å²) in [5.41, 5.74) is 0. The molecule has 1 heterocycles. The number of unbranched alkanes of at least 4 members (excludes halogenated alkanes) is 2. The quantitative estimate of drug-likeness (QED) is 0.214. The van der Waals surface area contributed by atoms with Crippen LogP contribution in [0.25, 0.3) is 0 Å². The number of aliphatic imine (C=N–C) groups is 1. The minimum atomic E-state index is 0. The molecule has 0 aliphatic carbocycles. The van der Waals surface area contributed by atoms with E-state index in [1.165, 1.54) is 19.3 Å². The number of hydrogen-bond acceptors (Lipinski definition) is 4. The third-order valence-electron chi connectivity index (χ3n) is 3.85. The molecule has 0 amide bonds. The number of nitrogens with one attached hydrogen (secondary N) is 2. The van der Waals surface area contributed by atoms with E-state index in [9.17, 15) is 0 Å². The molecule has 0 aromatic carbocycles. The van der Waals surface area contributed by atoms with Crippen molar-refractivity contribution >= 4 is 29.9 Å². The summed E-state index contributed by atoms with van der Waals surface area (Å²) >= 11 is 0. The van der Waals surface area contributed by atoms with E-state index in [1.807, 2.05) is 0 Å². The first kappa shape index (κ1) is 24.1. The van der Waals surface area contributed by atoms with E-state index in [2.05, 4.69) is 51.2 Å². The summed E-state index contributed by atoms with van der Waals surface area (Å²) in [4.78, 5) is 4.57. The highest BCUT2D eigenvalue weighted by molar-refractivity contribution is 14.0. The van der Waals surface area contributed by atoms with Crippen LogP contribution in [0.2, 0.25) is 0 Å². The van der Waals surface area contributed by atoms with Gasteiger partial charge in [-0.25, -0.2) is 0 Å². The molecule has 0 aliphatic heterocycles. The number of rotatable bonds is 12. The van der Waals surface area contributed by atoms with Gasteiger partial charge in [0.2, 0.25) is 0 Å². The highest BCUT2D eigenvalue weighted by Crippen LogP contribution is 2.02. The average Bonchev–Trinajstić information content (AvgIpc) is 3.02. The Morgan fingerprint density at radius 2 is 2.16 bits per heavy atom. The van der Waals surface area contributed by atoms with Gasteiger partial charge in [0, 0.05) is 32.7 Å². The van der Waals surface area contributed by atoms with E-state index in [0.717, 1.165) is 37.7 Å². The molecule has 1 aromatic rings. The molecule has 0 aliphatic rings. The largest absolute Gasteiger partial charge is 0.383 e. The molecule has 0 spiro atoms. The molecule has 0 bridgehead atoms. The first-order valence-electron chi connectivity index (χ1n) is 9.11. The smallest absolute Gasteiger partial charge is 0.191 e. The lowest BCUT2D eigenvalue weighted by Crippen LogP contribution is -2.43. The lowest BCUT2D eigenvalue weighted by Gasteiger charge is -2.18. The Bertz CT molecular complexity index is 466. The Labute approximate surface area is 169 Å². The SMILES string of the molecule is CCCCCC(C)NC(=NCCOC)NCCn1cnnc1CC.I. The van der Waals surface area contributed by atoms with Crippen LogP contribution in [0.5, 0.6) is 0 Å². The fourth-order valence-electron chi connectivity index (χ4n) is 2.44. The second-order valence-corrected chi connectivity index (χ2v) is 5.99. The van der Waals surface area contributed by atoms with Crippen LogP contribution in [-0.2, 0) is 17.7 Å². The Kier molecular flexibility index (Phi) is 14.8. The molecule has 2 N–H and O–H groups in total. The standard InChI is InChI=1S/C17H34N6O.HI/c1-5-7-8-9-15(3)21-17(19-11-13-24-4)18-10-12-23-14-20-22-16(23)6-2;/h14-15H,5-13H2,1-4H3,(H2,18,19,21);1H. The Morgan fingerprint density at radius 1 is 1.36 bits per heavy atom. The van der Waals surface area contributed by atoms with E-state index in [0.29, 0.717) is 19.2 Å². The highest BCUT2D eigenvalue weighted by atomic mass is 127. The van der Waals surface area contributed by atoms with Crippen LogP contribution in [0.15, 0.2) is 11.3 Å². The minimum Gasteiger partial charge on any atom is -0.383 e. The molecule has 1 unspecified atom stereocenters. The molecule has 1 atom stereocenters. The molecule has 25 heavy (non-hydrogen) atoms. The first-order valence-corrected chi connectivity index (χ1v) is 9.11. The zero-order valence-corrected chi connectivity index (χ0v) is 18.5. The van der Waals surface area contributed by atoms with Crippen molar-refractivity contribution in [1.82, 2.24) is 25.4 Å². The van der Waals surface area contributed by atoms with Gasteiger partial charge < -0.3 is 19.9 Å². The van der Waals surface area contributed by atoms with Crippen LogP contribution < -0.4 is 10.6 Å². The van der Waals surface area contributed by atoms with Crippen molar-refractivity contribution in [3.8, 4) is 0 Å². The lowest BCUT2D eigenvalue weighted by molar-refractivity contribution is 0.208. The normalized spacial score (nSPS) is 12.6. The summed E-state index contributed by atoms with van der Waals surface area (Å²) in [5, 5.41) is 15.0. The molecule has 0 saturated carbocycles. The number of aryl methyl sites for hydroxylation is 1. The van der Waals surface area contributed by atoms with Crippen LogP contribution in [0.4, 0.5) is 0 Å². The second kappa shape index (κ2) is 15.4. The van der Waals surface area contributed by atoms with Gasteiger partial charge in [-0.2, -0.15) is 0 Å². The van der Waals surface area contributed by atoms with Crippen molar-refractivity contribution < 1.29 is 4.74 Å². The Balaban J connectivity index is 0.00000576. The zero-order chi connectivity index (χ0) is 17.6. The predicted molar refractivity (Wildman–Crippen MR) is 114 cm³/mol. The number of methoxy groups -OCH3 is 1. The van der Waals surface area contributed by atoms with Gasteiger partial charge in [0.1, 0.15) is 12.2 Å². The molecular formula is C17H35IN6O. The number of guanidine groups is 1. The third-order valence-corrected chi connectivity index (χ3v) is 3.85.